The highest BCUT2D eigenvalue weighted by atomic mass is 35.5. The third-order valence-electron chi connectivity index (χ3n) is 6.17. The van der Waals surface area contributed by atoms with Gasteiger partial charge in [0, 0.05) is 34.2 Å². The number of rotatable bonds is 7. The van der Waals surface area contributed by atoms with Crippen LogP contribution in [0, 0.1) is 0 Å². The third kappa shape index (κ3) is 5.26. The molecule has 1 saturated heterocycles. The van der Waals surface area contributed by atoms with Crippen molar-refractivity contribution in [3.05, 3.63) is 63.8 Å². The van der Waals surface area contributed by atoms with Crippen LogP contribution in [0.5, 0.6) is 5.75 Å². The van der Waals surface area contributed by atoms with Crippen LogP contribution in [0.4, 0.5) is 0 Å². The summed E-state index contributed by atoms with van der Waals surface area (Å²) < 4.78 is 12.4. The Morgan fingerprint density at radius 1 is 1.14 bits per heavy atom. The largest absolute Gasteiger partial charge is 0.497 e. The molecule has 5 atom stereocenters. The molecule has 4 rings (SSSR count). The van der Waals surface area contributed by atoms with Crippen molar-refractivity contribution in [2.24, 2.45) is 0 Å². The first-order valence-electron chi connectivity index (χ1n) is 11.0. The molecule has 9 nitrogen and oxygen atoms in total. The number of halogens is 2. The zero-order chi connectivity index (χ0) is 25.3. The lowest BCUT2D eigenvalue weighted by atomic mass is 9.96. The van der Waals surface area contributed by atoms with Crippen LogP contribution in [0.1, 0.15) is 15.9 Å². The molecule has 1 amide bonds. The second-order valence-electron chi connectivity index (χ2n) is 8.33. The Hall–Kier alpha value is -2.37. The van der Waals surface area contributed by atoms with Gasteiger partial charge >= 0.3 is 0 Å². The van der Waals surface area contributed by atoms with Crippen LogP contribution in [-0.2, 0) is 17.7 Å². The van der Waals surface area contributed by atoms with Gasteiger partial charge in [0.1, 0.15) is 30.1 Å². The molecule has 0 saturated carbocycles. The van der Waals surface area contributed by atoms with Gasteiger partial charge in [-0.05, 0) is 36.2 Å². The number of ether oxygens (including phenoxy) is 2. The Balaban J connectivity index is 1.61. The van der Waals surface area contributed by atoms with E-state index < -0.39 is 43.2 Å². The van der Waals surface area contributed by atoms with E-state index in [4.69, 9.17) is 32.7 Å². The molecule has 1 fully saturated rings. The Labute approximate surface area is 211 Å². The van der Waals surface area contributed by atoms with Crippen LogP contribution >= 0.6 is 23.2 Å². The highest BCUT2D eigenvalue weighted by Gasteiger charge is 2.44. The van der Waals surface area contributed by atoms with E-state index in [1.54, 1.807) is 43.6 Å². The average Bonchev–Trinajstić information content (AvgIpc) is 3.21. The van der Waals surface area contributed by atoms with Gasteiger partial charge in [-0.15, -0.1) is 0 Å². The van der Waals surface area contributed by atoms with E-state index in [9.17, 15) is 25.2 Å². The van der Waals surface area contributed by atoms with Gasteiger partial charge in [0.25, 0.3) is 5.91 Å². The number of hydrogen-bond donors (Lipinski definition) is 5. The number of carbonyl (C=O) groups is 1. The van der Waals surface area contributed by atoms with Crippen LogP contribution in [0.2, 0.25) is 10.0 Å². The third-order valence-corrected chi connectivity index (χ3v) is 6.76. The summed E-state index contributed by atoms with van der Waals surface area (Å²) in [6.07, 6.45) is -3.57. The van der Waals surface area contributed by atoms with Crippen LogP contribution in [0.25, 0.3) is 10.9 Å². The lowest BCUT2D eigenvalue weighted by Crippen LogP contribution is -2.64. The van der Waals surface area contributed by atoms with Crippen molar-refractivity contribution in [1.82, 2.24) is 9.88 Å². The minimum absolute atomic E-state index is 0.294. The molecule has 1 aliphatic heterocycles. The normalized spacial score (nSPS) is 24.5. The fraction of sp³-hybridized carbons (Fsp3) is 0.375. The molecule has 35 heavy (non-hydrogen) atoms. The number of aliphatic hydroxyl groups excluding tert-OH is 4. The smallest absolute Gasteiger partial charge is 0.253 e. The van der Waals surface area contributed by atoms with Gasteiger partial charge in [-0.25, -0.2) is 0 Å². The van der Waals surface area contributed by atoms with E-state index in [2.05, 4.69) is 5.32 Å². The maximum Gasteiger partial charge on any atom is 0.253 e. The summed E-state index contributed by atoms with van der Waals surface area (Å²) in [5, 5.41) is 44.3. The lowest BCUT2D eigenvalue weighted by Gasteiger charge is -2.40. The summed E-state index contributed by atoms with van der Waals surface area (Å²) >= 11 is 12.3. The SMILES string of the molecule is COc1ccc2c(C(=O)N[C@H]3C(O)OC(CO)[C@@H](O)C3O)cn(CCc3ccc(Cl)cc3Cl)c2c1. The van der Waals surface area contributed by atoms with Gasteiger partial charge in [-0.1, -0.05) is 29.3 Å². The molecule has 188 valence electrons. The highest BCUT2D eigenvalue weighted by molar-refractivity contribution is 6.35. The summed E-state index contributed by atoms with van der Waals surface area (Å²) in [5.41, 5.74) is 1.92. The zero-order valence-corrected chi connectivity index (χ0v) is 20.3. The van der Waals surface area contributed by atoms with Gasteiger partial charge in [-0.2, -0.15) is 0 Å². The standard InChI is InChI=1S/C24H26Cl2N2O7/c1-34-14-4-5-15-16(23(32)27-20-22(31)21(30)19(11-29)35-24(20)33)10-28(18(15)9-14)7-6-12-2-3-13(25)8-17(12)26/h2-5,8-10,19-22,24,29-31,33H,6-7,11H2,1H3,(H,27,32)/t19?,20-,21-,22?,24?/m1/s1. The molecule has 11 heteroatoms. The number of aryl methyl sites for hydroxylation is 2. The van der Waals surface area contributed by atoms with E-state index in [0.29, 0.717) is 39.7 Å². The fourth-order valence-corrected chi connectivity index (χ4v) is 4.72. The van der Waals surface area contributed by atoms with E-state index in [1.165, 1.54) is 0 Å². The predicted octanol–water partition coefficient (Wildman–Crippen LogP) is 1.73. The molecule has 2 aromatic carbocycles. The molecular formula is C24H26Cl2N2O7. The maximum atomic E-state index is 13.2. The molecule has 0 spiro atoms. The van der Waals surface area contributed by atoms with Gasteiger partial charge in [0.2, 0.25) is 0 Å². The van der Waals surface area contributed by atoms with Crippen LogP contribution in [0.15, 0.2) is 42.6 Å². The second kappa shape index (κ2) is 10.7. The number of hydrogen-bond acceptors (Lipinski definition) is 7. The number of benzene rings is 2. The number of aliphatic hydroxyl groups is 4. The molecule has 5 N–H and O–H groups in total. The predicted molar refractivity (Wildman–Crippen MR) is 130 cm³/mol. The molecule has 1 aliphatic rings. The molecule has 3 unspecified atom stereocenters. The first-order valence-corrected chi connectivity index (χ1v) is 11.7. The molecule has 0 bridgehead atoms. The van der Waals surface area contributed by atoms with Crippen molar-refractivity contribution < 1.29 is 34.7 Å². The summed E-state index contributed by atoms with van der Waals surface area (Å²) in [7, 11) is 1.55. The first-order chi connectivity index (χ1) is 16.7. The number of fused-ring (bicyclic) bond motifs is 1. The van der Waals surface area contributed by atoms with Gasteiger partial charge < -0.3 is 39.8 Å². The molecule has 2 heterocycles. The molecule has 0 radical (unpaired) electrons. The molecular weight excluding hydrogens is 499 g/mol. The van der Waals surface area contributed by atoms with Crippen molar-refractivity contribution >= 4 is 40.0 Å². The zero-order valence-electron chi connectivity index (χ0n) is 18.8. The van der Waals surface area contributed by atoms with Crippen molar-refractivity contribution in [2.45, 2.75) is 43.6 Å². The van der Waals surface area contributed by atoms with Crippen LogP contribution < -0.4 is 10.1 Å². The number of carbonyl (C=O) groups excluding carboxylic acids is 1. The molecule has 0 aliphatic carbocycles. The van der Waals surface area contributed by atoms with Crippen LogP contribution in [0.3, 0.4) is 0 Å². The quantitative estimate of drug-likeness (QED) is 0.317. The lowest BCUT2D eigenvalue weighted by molar-refractivity contribution is -0.252. The van der Waals surface area contributed by atoms with Crippen molar-refractivity contribution in [1.29, 1.82) is 0 Å². The first kappa shape index (κ1) is 25.7. The Bertz CT molecular complexity index is 1220. The van der Waals surface area contributed by atoms with Gasteiger partial charge in [0.05, 0.1) is 24.8 Å². The topological polar surface area (TPSA) is 133 Å². The Morgan fingerprint density at radius 3 is 2.60 bits per heavy atom. The minimum atomic E-state index is -1.62. The fourth-order valence-electron chi connectivity index (χ4n) is 4.21. The summed E-state index contributed by atoms with van der Waals surface area (Å²) in [6.45, 7) is -0.101. The number of methoxy groups -OCH3 is 1. The van der Waals surface area contributed by atoms with E-state index in [-0.39, 0.29) is 0 Å². The Morgan fingerprint density at radius 2 is 1.91 bits per heavy atom. The number of nitrogens with zero attached hydrogens (tertiary/aromatic N) is 1. The molecule has 3 aromatic rings. The second-order valence-corrected chi connectivity index (χ2v) is 9.18. The summed E-state index contributed by atoms with van der Waals surface area (Å²) in [5.74, 6) is 0.0304. The Kier molecular flexibility index (Phi) is 7.87. The monoisotopic (exact) mass is 524 g/mol. The highest BCUT2D eigenvalue weighted by Crippen LogP contribution is 2.28. The van der Waals surface area contributed by atoms with E-state index >= 15 is 0 Å². The van der Waals surface area contributed by atoms with Gasteiger partial charge in [-0.3, -0.25) is 4.79 Å². The summed E-state index contributed by atoms with van der Waals surface area (Å²) in [6, 6.07) is 9.26. The van der Waals surface area contributed by atoms with Gasteiger partial charge in [0.15, 0.2) is 6.29 Å². The average molecular weight is 525 g/mol. The number of nitrogens with one attached hydrogen (secondary N) is 1. The van der Waals surface area contributed by atoms with Crippen molar-refractivity contribution in [3.63, 3.8) is 0 Å². The molecule has 1 aromatic heterocycles. The van der Waals surface area contributed by atoms with Crippen molar-refractivity contribution in [3.8, 4) is 5.75 Å². The van der Waals surface area contributed by atoms with Crippen molar-refractivity contribution in [2.75, 3.05) is 13.7 Å². The van der Waals surface area contributed by atoms with Crippen LogP contribution in [-0.4, -0.2) is 75.3 Å². The maximum absolute atomic E-state index is 13.2. The number of aromatic nitrogens is 1. The minimum Gasteiger partial charge on any atom is -0.497 e. The van der Waals surface area contributed by atoms with E-state index in [1.807, 2.05) is 10.6 Å². The summed E-state index contributed by atoms with van der Waals surface area (Å²) in [4.78, 5) is 13.2. The van der Waals surface area contributed by atoms with E-state index in [0.717, 1.165) is 11.1 Å². The number of amides is 1.